The Morgan fingerprint density at radius 1 is 1.22 bits per heavy atom. The highest BCUT2D eigenvalue weighted by Crippen LogP contribution is 2.25. The lowest BCUT2D eigenvalue weighted by molar-refractivity contribution is -0.135. The number of benzene rings is 1. The minimum atomic E-state index is -1.23. The van der Waals surface area contributed by atoms with E-state index in [1.54, 1.807) is 30.3 Å². The molecule has 1 aromatic carbocycles. The zero-order valence-electron chi connectivity index (χ0n) is 13.2. The summed E-state index contributed by atoms with van der Waals surface area (Å²) in [5.41, 5.74) is 0.425. The molecule has 0 N–H and O–H groups in total. The summed E-state index contributed by atoms with van der Waals surface area (Å²) < 4.78 is 0. The van der Waals surface area contributed by atoms with Gasteiger partial charge >= 0.3 is 0 Å². The number of hydroxylamine groups is 2. The Bertz CT molecular complexity index is 573. The average molecular weight is 317 g/mol. The number of rotatable bonds is 7. The molecule has 0 saturated carbocycles. The van der Waals surface area contributed by atoms with Gasteiger partial charge in [-0.3, -0.25) is 14.4 Å². The second-order valence-electron chi connectivity index (χ2n) is 5.65. The van der Waals surface area contributed by atoms with Gasteiger partial charge in [-0.15, -0.1) is 0 Å². The first-order valence-electron chi connectivity index (χ1n) is 7.97. The predicted molar refractivity (Wildman–Crippen MR) is 86.3 cm³/mol. The fourth-order valence-corrected chi connectivity index (χ4v) is 2.63. The summed E-state index contributed by atoms with van der Waals surface area (Å²) in [6, 6.07) is 7.20. The number of hydrogen-bond acceptors (Lipinski definition) is 4. The van der Waals surface area contributed by atoms with E-state index in [9.17, 15) is 19.6 Å². The van der Waals surface area contributed by atoms with Crippen LogP contribution < -0.4 is 4.90 Å². The minimum absolute atomic E-state index is 0.118. The van der Waals surface area contributed by atoms with E-state index in [-0.39, 0.29) is 17.9 Å². The van der Waals surface area contributed by atoms with Crippen LogP contribution in [0.15, 0.2) is 30.3 Å². The van der Waals surface area contributed by atoms with E-state index < -0.39 is 23.8 Å². The fraction of sp³-hybridized carbons (Fsp3) is 0.471. The summed E-state index contributed by atoms with van der Waals surface area (Å²) in [7, 11) is 0. The standard InChI is InChI=1S/C17H21N2O4/c1-2-3-4-8-11-15(20)19(23)14-12-16(21)18(17(14)22)13-9-6-5-7-10-13/h5-7,9-10,14H,2-4,8,11-12H2,1H3/q-1/t14-/m1/s1. The monoisotopic (exact) mass is 317 g/mol. The highest BCUT2D eigenvalue weighted by molar-refractivity contribution is 6.23. The van der Waals surface area contributed by atoms with Gasteiger partial charge in [-0.25, -0.2) is 4.90 Å². The van der Waals surface area contributed by atoms with Crippen molar-refractivity contribution < 1.29 is 14.4 Å². The molecule has 1 fully saturated rings. The van der Waals surface area contributed by atoms with E-state index in [1.807, 2.05) is 0 Å². The highest BCUT2D eigenvalue weighted by atomic mass is 16.5. The van der Waals surface area contributed by atoms with Gasteiger partial charge in [-0.2, -0.15) is 0 Å². The topological polar surface area (TPSA) is 80.8 Å². The van der Waals surface area contributed by atoms with Crippen LogP contribution in [0.25, 0.3) is 0 Å². The first kappa shape index (κ1) is 17.1. The van der Waals surface area contributed by atoms with Crippen molar-refractivity contribution >= 4 is 23.4 Å². The SMILES string of the molecule is CCCCCCC(=O)N([O-])[C@@H]1CC(=O)N(c2ccccc2)C1=O. The van der Waals surface area contributed by atoms with Gasteiger partial charge in [0.15, 0.2) is 0 Å². The molecule has 1 heterocycles. The van der Waals surface area contributed by atoms with Gasteiger partial charge in [-0.1, -0.05) is 44.4 Å². The molecule has 3 amide bonds. The first-order chi connectivity index (χ1) is 11.1. The number of hydrogen-bond donors (Lipinski definition) is 0. The van der Waals surface area contributed by atoms with Crippen molar-refractivity contribution in [1.29, 1.82) is 0 Å². The van der Waals surface area contributed by atoms with Crippen molar-refractivity contribution in [1.82, 2.24) is 5.06 Å². The van der Waals surface area contributed by atoms with E-state index in [1.165, 1.54) is 0 Å². The Morgan fingerprint density at radius 2 is 1.91 bits per heavy atom. The fourth-order valence-electron chi connectivity index (χ4n) is 2.63. The summed E-state index contributed by atoms with van der Waals surface area (Å²) >= 11 is 0. The highest BCUT2D eigenvalue weighted by Gasteiger charge is 2.41. The van der Waals surface area contributed by atoms with E-state index in [4.69, 9.17) is 0 Å². The molecule has 1 saturated heterocycles. The van der Waals surface area contributed by atoms with Crippen LogP contribution in [0.5, 0.6) is 0 Å². The van der Waals surface area contributed by atoms with E-state index in [0.29, 0.717) is 12.1 Å². The lowest BCUT2D eigenvalue weighted by Crippen LogP contribution is -2.42. The molecule has 1 aliphatic heterocycles. The number of amides is 3. The van der Waals surface area contributed by atoms with Crippen molar-refractivity contribution in [3.05, 3.63) is 35.5 Å². The maximum atomic E-state index is 12.3. The van der Waals surface area contributed by atoms with Crippen molar-refractivity contribution in [2.45, 2.75) is 51.5 Å². The van der Waals surface area contributed by atoms with Gasteiger partial charge in [0.2, 0.25) is 11.8 Å². The molecule has 1 aromatic rings. The summed E-state index contributed by atoms with van der Waals surface area (Å²) in [6.07, 6.45) is 3.42. The molecule has 2 rings (SSSR count). The van der Waals surface area contributed by atoms with Crippen molar-refractivity contribution in [3.8, 4) is 0 Å². The summed E-state index contributed by atoms with van der Waals surface area (Å²) in [5.74, 6) is -1.70. The lowest BCUT2D eigenvalue weighted by atomic mass is 10.1. The lowest BCUT2D eigenvalue weighted by Gasteiger charge is -2.33. The Morgan fingerprint density at radius 3 is 2.57 bits per heavy atom. The third-order valence-electron chi connectivity index (χ3n) is 3.91. The van der Waals surface area contributed by atoms with Crippen molar-refractivity contribution in [3.63, 3.8) is 0 Å². The molecule has 0 aromatic heterocycles. The van der Waals surface area contributed by atoms with Gasteiger partial charge in [0.25, 0.3) is 5.91 Å². The average Bonchev–Trinajstić information content (AvgIpc) is 2.86. The number of imide groups is 1. The maximum absolute atomic E-state index is 12.3. The van der Waals surface area contributed by atoms with Crippen LogP contribution in [0.3, 0.4) is 0 Å². The van der Waals surface area contributed by atoms with Gasteiger partial charge in [0, 0.05) is 6.42 Å². The summed E-state index contributed by atoms with van der Waals surface area (Å²) in [6.45, 7) is 2.06. The van der Waals surface area contributed by atoms with Gasteiger partial charge in [0.05, 0.1) is 12.1 Å². The summed E-state index contributed by atoms with van der Waals surface area (Å²) in [4.78, 5) is 37.3. The zero-order chi connectivity index (χ0) is 16.8. The largest absolute Gasteiger partial charge is 0.756 e. The third kappa shape index (κ3) is 3.96. The van der Waals surface area contributed by atoms with E-state index >= 15 is 0 Å². The molecular weight excluding hydrogens is 296 g/mol. The van der Waals surface area contributed by atoms with Gasteiger partial charge in [0.1, 0.15) is 6.04 Å². The number of carbonyl (C=O) groups is 3. The molecule has 0 bridgehead atoms. The Kier molecular flexibility index (Phi) is 5.87. The number of nitrogens with zero attached hydrogens (tertiary/aromatic N) is 2. The van der Waals surface area contributed by atoms with E-state index in [0.717, 1.165) is 24.2 Å². The predicted octanol–water partition coefficient (Wildman–Crippen LogP) is 2.62. The molecule has 6 nitrogen and oxygen atoms in total. The smallest absolute Gasteiger partial charge is 0.256 e. The van der Waals surface area contributed by atoms with Crippen LogP contribution in [-0.2, 0) is 14.4 Å². The van der Waals surface area contributed by atoms with Crippen molar-refractivity contribution in [2.24, 2.45) is 0 Å². The minimum Gasteiger partial charge on any atom is -0.756 e. The molecule has 0 radical (unpaired) electrons. The Hall–Kier alpha value is -2.21. The number of para-hydroxylation sites is 1. The van der Waals surface area contributed by atoms with Gasteiger partial charge < -0.3 is 10.3 Å². The normalized spacial score (nSPS) is 17.7. The van der Waals surface area contributed by atoms with Crippen LogP contribution in [0.4, 0.5) is 5.69 Å². The first-order valence-corrected chi connectivity index (χ1v) is 7.97. The Balaban J connectivity index is 2.00. The second kappa shape index (κ2) is 7.87. The van der Waals surface area contributed by atoms with Crippen LogP contribution in [-0.4, -0.2) is 28.8 Å². The van der Waals surface area contributed by atoms with Crippen LogP contribution >= 0.6 is 0 Å². The third-order valence-corrected chi connectivity index (χ3v) is 3.91. The summed E-state index contributed by atoms with van der Waals surface area (Å²) in [5, 5.41) is 12.3. The molecule has 1 atom stereocenters. The van der Waals surface area contributed by atoms with Crippen LogP contribution in [0.1, 0.15) is 45.4 Å². The molecule has 1 aliphatic rings. The molecular formula is C17H21N2O4-. The molecule has 0 aliphatic carbocycles. The quantitative estimate of drug-likeness (QED) is 0.440. The number of carbonyl (C=O) groups excluding carboxylic acids is 3. The second-order valence-corrected chi connectivity index (χ2v) is 5.65. The number of anilines is 1. The number of unbranched alkanes of at least 4 members (excludes halogenated alkanes) is 3. The maximum Gasteiger partial charge on any atom is 0.256 e. The zero-order valence-corrected chi connectivity index (χ0v) is 13.2. The molecule has 0 spiro atoms. The molecule has 124 valence electrons. The molecule has 6 heteroatoms. The molecule has 23 heavy (non-hydrogen) atoms. The molecule has 0 unspecified atom stereocenters. The van der Waals surface area contributed by atoms with E-state index in [2.05, 4.69) is 6.92 Å². The van der Waals surface area contributed by atoms with Gasteiger partial charge in [-0.05, 0) is 18.6 Å². The Labute approximate surface area is 135 Å². The van der Waals surface area contributed by atoms with Crippen LogP contribution in [0, 0.1) is 5.21 Å². The van der Waals surface area contributed by atoms with Crippen LogP contribution in [0.2, 0.25) is 0 Å². The van der Waals surface area contributed by atoms with Crippen molar-refractivity contribution in [2.75, 3.05) is 4.90 Å².